The largest absolute Gasteiger partial charge is 0.462 e. The molecule has 0 aromatic carbocycles. The van der Waals surface area contributed by atoms with Crippen molar-refractivity contribution in [3.63, 3.8) is 0 Å². The summed E-state index contributed by atoms with van der Waals surface area (Å²) in [6, 6.07) is 0. The Hall–Kier alpha value is -1.62. The first-order valence-corrected chi connectivity index (χ1v) is 19.9. The van der Waals surface area contributed by atoms with Gasteiger partial charge >= 0.3 is 11.9 Å². The van der Waals surface area contributed by atoms with Crippen LogP contribution in [0.15, 0.2) is 24.3 Å². The molecule has 46 heavy (non-hydrogen) atoms. The van der Waals surface area contributed by atoms with Crippen LogP contribution in [-0.4, -0.2) is 36.4 Å². The highest BCUT2D eigenvalue weighted by Gasteiger charge is 2.16. The van der Waals surface area contributed by atoms with Gasteiger partial charge in [-0.05, 0) is 64.2 Å². The van der Waals surface area contributed by atoms with E-state index < -0.39 is 6.10 Å². The molecule has 0 aliphatic heterocycles. The lowest BCUT2D eigenvalue weighted by Gasteiger charge is -2.15. The number of rotatable bonds is 36. The van der Waals surface area contributed by atoms with Crippen molar-refractivity contribution in [3.05, 3.63) is 24.3 Å². The molecule has 0 aromatic heterocycles. The second kappa shape index (κ2) is 37.8. The summed E-state index contributed by atoms with van der Waals surface area (Å²) in [7, 11) is 0. The Morgan fingerprint density at radius 3 is 1.20 bits per heavy atom. The summed E-state index contributed by atoms with van der Waals surface area (Å²) in [6.07, 6.45) is 43.8. The SMILES string of the molecule is CCCCCCC=CCCCCCCCCCC(=O)OC(CO)COC(=O)CCCCCCCCCC=CCCCCCCCC. The van der Waals surface area contributed by atoms with Crippen LogP contribution in [0.5, 0.6) is 0 Å². The van der Waals surface area contributed by atoms with E-state index in [9.17, 15) is 14.7 Å². The van der Waals surface area contributed by atoms with Crippen LogP contribution < -0.4 is 0 Å². The predicted molar refractivity (Wildman–Crippen MR) is 196 cm³/mol. The van der Waals surface area contributed by atoms with Gasteiger partial charge in [-0.3, -0.25) is 9.59 Å². The van der Waals surface area contributed by atoms with Gasteiger partial charge in [0.25, 0.3) is 0 Å². The van der Waals surface area contributed by atoms with Crippen LogP contribution in [0.4, 0.5) is 0 Å². The van der Waals surface area contributed by atoms with Crippen LogP contribution >= 0.6 is 0 Å². The van der Waals surface area contributed by atoms with Gasteiger partial charge in [0, 0.05) is 12.8 Å². The Balaban J connectivity index is 3.54. The molecule has 0 bridgehead atoms. The molecule has 1 unspecified atom stereocenters. The number of hydrogen-bond donors (Lipinski definition) is 1. The standard InChI is InChI=1S/C41H76O5/c1-3-5-7-9-11-13-15-17-19-20-22-23-25-27-29-31-33-35-40(43)45-38-39(37-42)46-41(44)36-34-32-30-28-26-24-21-18-16-14-12-10-8-6-4-2/h14,16-17,19,39,42H,3-13,15,18,20-38H2,1-2H3. The number of aliphatic hydroxyl groups is 1. The number of unbranched alkanes of at least 4 members (excludes halogenated alkanes) is 24. The molecule has 0 amide bonds. The van der Waals surface area contributed by atoms with Gasteiger partial charge in [-0.15, -0.1) is 0 Å². The van der Waals surface area contributed by atoms with E-state index in [1.807, 2.05) is 0 Å². The molecule has 0 fully saturated rings. The van der Waals surface area contributed by atoms with E-state index in [-0.39, 0.29) is 25.2 Å². The van der Waals surface area contributed by atoms with E-state index in [0.717, 1.165) is 38.5 Å². The number of hydrogen-bond acceptors (Lipinski definition) is 5. The minimum atomic E-state index is -0.771. The summed E-state index contributed by atoms with van der Waals surface area (Å²) < 4.78 is 10.6. The van der Waals surface area contributed by atoms with Gasteiger partial charge in [-0.1, -0.05) is 154 Å². The van der Waals surface area contributed by atoms with Crippen LogP contribution in [0, 0.1) is 0 Å². The molecule has 5 heteroatoms. The summed E-state index contributed by atoms with van der Waals surface area (Å²) in [6.45, 7) is 4.12. The molecule has 0 aromatic rings. The zero-order valence-corrected chi connectivity index (χ0v) is 30.6. The van der Waals surface area contributed by atoms with Crippen molar-refractivity contribution in [2.45, 2.75) is 213 Å². The fraction of sp³-hybridized carbons (Fsp3) is 0.854. The highest BCUT2D eigenvalue weighted by atomic mass is 16.6. The molecule has 5 nitrogen and oxygen atoms in total. The molecule has 1 N–H and O–H groups in total. The maximum Gasteiger partial charge on any atom is 0.306 e. The fourth-order valence-electron chi connectivity index (χ4n) is 5.66. The Morgan fingerprint density at radius 1 is 0.478 bits per heavy atom. The molecular weight excluding hydrogens is 572 g/mol. The molecular formula is C41H76O5. The summed E-state index contributed by atoms with van der Waals surface area (Å²) in [4.78, 5) is 24.2. The first-order chi connectivity index (χ1) is 22.6. The Bertz CT molecular complexity index is 701. The monoisotopic (exact) mass is 649 g/mol. The van der Waals surface area contributed by atoms with Crippen molar-refractivity contribution in [2.24, 2.45) is 0 Å². The van der Waals surface area contributed by atoms with E-state index in [1.165, 1.54) is 141 Å². The van der Waals surface area contributed by atoms with Crippen molar-refractivity contribution >= 4 is 11.9 Å². The van der Waals surface area contributed by atoms with Gasteiger partial charge in [-0.25, -0.2) is 0 Å². The molecule has 0 heterocycles. The topological polar surface area (TPSA) is 72.8 Å². The summed E-state index contributed by atoms with van der Waals surface area (Å²) in [5.41, 5.74) is 0. The van der Waals surface area contributed by atoms with Crippen molar-refractivity contribution in [1.82, 2.24) is 0 Å². The highest BCUT2D eigenvalue weighted by Crippen LogP contribution is 2.13. The minimum Gasteiger partial charge on any atom is -0.462 e. The molecule has 0 saturated heterocycles. The maximum absolute atomic E-state index is 12.2. The van der Waals surface area contributed by atoms with Crippen LogP contribution in [0.2, 0.25) is 0 Å². The maximum atomic E-state index is 12.2. The molecule has 0 aliphatic carbocycles. The highest BCUT2D eigenvalue weighted by molar-refractivity contribution is 5.70. The van der Waals surface area contributed by atoms with Crippen molar-refractivity contribution < 1.29 is 24.2 Å². The van der Waals surface area contributed by atoms with Gasteiger partial charge < -0.3 is 14.6 Å². The Morgan fingerprint density at radius 2 is 0.804 bits per heavy atom. The number of carbonyl (C=O) groups is 2. The molecule has 0 rings (SSSR count). The van der Waals surface area contributed by atoms with Gasteiger partial charge in [0.2, 0.25) is 0 Å². The minimum absolute atomic E-state index is 0.0669. The van der Waals surface area contributed by atoms with E-state index in [4.69, 9.17) is 9.47 Å². The number of esters is 2. The quantitative estimate of drug-likeness (QED) is 0.0416. The van der Waals surface area contributed by atoms with Crippen LogP contribution in [-0.2, 0) is 19.1 Å². The molecule has 0 spiro atoms. The Kier molecular flexibility index (Phi) is 36.5. The van der Waals surface area contributed by atoms with Crippen molar-refractivity contribution in [3.8, 4) is 0 Å². The summed E-state index contributed by atoms with van der Waals surface area (Å²) >= 11 is 0. The Labute approximate surface area is 285 Å². The number of allylic oxidation sites excluding steroid dienone is 4. The van der Waals surface area contributed by atoms with E-state index >= 15 is 0 Å². The molecule has 1 atom stereocenters. The van der Waals surface area contributed by atoms with E-state index in [1.54, 1.807) is 0 Å². The van der Waals surface area contributed by atoms with Gasteiger partial charge in [-0.2, -0.15) is 0 Å². The van der Waals surface area contributed by atoms with E-state index in [2.05, 4.69) is 38.2 Å². The second-order valence-electron chi connectivity index (χ2n) is 13.4. The lowest BCUT2D eigenvalue weighted by atomic mass is 10.1. The lowest BCUT2D eigenvalue weighted by Crippen LogP contribution is -2.28. The first kappa shape index (κ1) is 44.4. The van der Waals surface area contributed by atoms with Crippen LogP contribution in [0.25, 0.3) is 0 Å². The van der Waals surface area contributed by atoms with Crippen LogP contribution in [0.3, 0.4) is 0 Å². The first-order valence-electron chi connectivity index (χ1n) is 19.9. The summed E-state index contributed by atoms with van der Waals surface area (Å²) in [5.74, 6) is -0.596. The molecule has 270 valence electrons. The molecule has 0 saturated carbocycles. The third kappa shape index (κ3) is 35.2. The van der Waals surface area contributed by atoms with Crippen molar-refractivity contribution in [1.29, 1.82) is 0 Å². The van der Waals surface area contributed by atoms with Gasteiger partial charge in [0.15, 0.2) is 6.10 Å². The van der Waals surface area contributed by atoms with Crippen LogP contribution in [0.1, 0.15) is 206 Å². The van der Waals surface area contributed by atoms with Gasteiger partial charge in [0.05, 0.1) is 6.61 Å². The fourth-order valence-corrected chi connectivity index (χ4v) is 5.66. The second-order valence-corrected chi connectivity index (χ2v) is 13.4. The number of aliphatic hydroxyl groups excluding tert-OH is 1. The predicted octanol–water partition coefficient (Wildman–Crippen LogP) is 12.3. The number of ether oxygens (including phenoxy) is 2. The van der Waals surface area contributed by atoms with E-state index in [0.29, 0.717) is 12.8 Å². The molecule has 0 radical (unpaired) electrons. The molecule has 0 aliphatic rings. The normalized spacial score (nSPS) is 12.3. The zero-order chi connectivity index (χ0) is 33.6. The van der Waals surface area contributed by atoms with Gasteiger partial charge in [0.1, 0.15) is 6.61 Å². The summed E-state index contributed by atoms with van der Waals surface area (Å²) in [5, 5.41) is 9.55. The average Bonchev–Trinajstić information content (AvgIpc) is 3.06. The third-order valence-corrected chi connectivity index (χ3v) is 8.72. The smallest absolute Gasteiger partial charge is 0.306 e. The third-order valence-electron chi connectivity index (χ3n) is 8.72. The zero-order valence-electron chi connectivity index (χ0n) is 30.6. The average molecular weight is 649 g/mol. The number of carbonyl (C=O) groups excluding carboxylic acids is 2. The lowest BCUT2D eigenvalue weighted by molar-refractivity contribution is -0.161. The van der Waals surface area contributed by atoms with Crippen molar-refractivity contribution in [2.75, 3.05) is 13.2 Å².